The fraction of sp³-hybridized carbons (Fsp3) is 0.400. The topological polar surface area (TPSA) is 26.8 Å². The van der Waals surface area contributed by atoms with Gasteiger partial charge in [0.15, 0.2) is 5.11 Å². The number of thioether (sulfide) groups is 1. The number of nitrogens with zero attached hydrogens (tertiary/aromatic N) is 3. The Kier molecular flexibility index (Phi) is 7.30. The van der Waals surface area contributed by atoms with Gasteiger partial charge in [-0.15, -0.1) is 0 Å². The van der Waals surface area contributed by atoms with Crippen molar-refractivity contribution in [3.05, 3.63) is 71.8 Å². The van der Waals surface area contributed by atoms with Crippen molar-refractivity contribution in [2.75, 3.05) is 19.8 Å². The Hall–Kier alpha value is -1.80. The van der Waals surface area contributed by atoms with E-state index in [-0.39, 0.29) is 11.9 Å². The van der Waals surface area contributed by atoms with Crippen LogP contribution < -0.4 is 0 Å². The van der Waals surface area contributed by atoms with Crippen LogP contribution in [-0.2, 0) is 10.2 Å². The summed E-state index contributed by atoms with van der Waals surface area (Å²) in [7, 11) is 3.99. The molecule has 1 amide bonds. The van der Waals surface area contributed by atoms with E-state index < -0.39 is 5.41 Å². The maximum Gasteiger partial charge on any atom is 0.250 e. The first kappa shape index (κ1) is 23.4. The monoisotopic (exact) mass is 483 g/mol. The molecule has 7 heteroatoms. The summed E-state index contributed by atoms with van der Waals surface area (Å²) in [5.74, 6) is 0.495. The first-order chi connectivity index (χ1) is 15.5. The average Bonchev–Trinajstić information content (AvgIpc) is 2.81. The average molecular weight is 484 g/mol. The number of hydrogen-bond donors (Lipinski definition) is 0. The van der Waals surface area contributed by atoms with Crippen LogP contribution in [0.15, 0.2) is 60.7 Å². The Morgan fingerprint density at radius 2 is 1.50 bits per heavy atom. The third kappa shape index (κ3) is 4.23. The highest BCUT2D eigenvalue weighted by Crippen LogP contribution is 2.42. The van der Waals surface area contributed by atoms with Crippen LogP contribution in [0, 0.1) is 0 Å². The van der Waals surface area contributed by atoms with Crippen LogP contribution in [0.3, 0.4) is 0 Å². The van der Waals surface area contributed by atoms with Crippen molar-refractivity contribution < 1.29 is 4.79 Å². The van der Waals surface area contributed by atoms with Crippen LogP contribution in [0.1, 0.15) is 43.2 Å². The minimum Gasteiger partial charge on any atom is -0.279 e. The number of benzene rings is 2. The summed E-state index contributed by atoms with van der Waals surface area (Å²) in [6.45, 7) is 0. The minimum atomic E-state index is -0.843. The fourth-order valence-electron chi connectivity index (χ4n) is 4.84. The quantitative estimate of drug-likeness (QED) is 0.437. The summed E-state index contributed by atoms with van der Waals surface area (Å²) in [6, 6.07) is 20.3. The molecule has 32 heavy (non-hydrogen) atoms. The number of hydrazine groups is 1. The third-order valence-corrected chi connectivity index (χ3v) is 8.35. The van der Waals surface area contributed by atoms with Crippen molar-refractivity contribution in [2.45, 2.75) is 43.6 Å². The van der Waals surface area contributed by atoms with Gasteiger partial charge in [-0.25, -0.2) is 9.91 Å². The van der Waals surface area contributed by atoms with Gasteiger partial charge < -0.3 is 0 Å². The minimum absolute atomic E-state index is 0.0636. The predicted molar refractivity (Wildman–Crippen MR) is 141 cm³/mol. The SMILES string of the molecule is CN(C)N(C(=S)N1C(=O)C(c2ccccc2)(c2ccccc2)CSC1=S)C1CCCCC1. The lowest BCUT2D eigenvalue weighted by Crippen LogP contribution is -2.62. The number of thiocarbonyl (C=S) groups is 2. The molecule has 0 aromatic heterocycles. The van der Waals surface area contributed by atoms with Crippen LogP contribution >= 0.6 is 36.2 Å². The van der Waals surface area contributed by atoms with Crippen molar-refractivity contribution in [1.82, 2.24) is 14.9 Å². The van der Waals surface area contributed by atoms with Gasteiger partial charge in [0.05, 0.1) is 0 Å². The van der Waals surface area contributed by atoms with Crippen LogP contribution in [-0.4, -0.2) is 56.1 Å². The summed E-state index contributed by atoms with van der Waals surface area (Å²) in [5, 5.41) is 4.60. The lowest BCUT2D eigenvalue weighted by molar-refractivity contribution is -0.129. The Morgan fingerprint density at radius 1 is 0.969 bits per heavy atom. The van der Waals surface area contributed by atoms with E-state index in [0.717, 1.165) is 24.0 Å². The first-order valence-corrected chi connectivity index (χ1v) is 12.9. The molecule has 1 saturated carbocycles. The Morgan fingerprint density at radius 3 is 2.00 bits per heavy atom. The molecule has 168 valence electrons. The van der Waals surface area contributed by atoms with Crippen molar-refractivity contribution in [2.24, 2.45) is 0 Å². The van der Waals surface area contributed by atoms with E-state index in [9.17, 15) is 4.79 Å². The lowest BCUT2D eigenvalue weighted by atomic mass is 9.74. The van der Waals surface area contributed by atoms with E-state index in [0.29, 0.717) is 15.2 Å². The Bertz CT molecular complexity index is 935. The Labute approximate surface area is 205 Å². The van der Waals surface area contributed by atoms with E-state index in [2.05, 4.69) is 5.01 Å². The summed E-state index contributed by atoms with van der Waals surface area (Å²) in [5.41, 5.74) is 1.09. The zero-order chi connectivity index (χ0) is 22.7. The number of amides is 1. The molecular formula is C25H29N3OS3. The van der Waals surface area contributed by atoms with Crippen LogP contribution in [0.5, 0.6) is 0 Å². The highest BCUT2D eigenvalue weighted by atomic mass is 32.2. The fourth-order valence-corrected chi connectivity index (χ4v) is 6.89. The Balaban J connectivity index is 1.78. The van der Waals surface area contributed by atoms with Gasteiger partial charge in [0, 0.05) is 25.9 Å². The molecule has 1 heterocycles. The van der Waals surface area contributed by atoms with Gasteiger partial charge in [-0.1, -0.05) is 104 Å². The van der Waals surface area contributed by atoms with E-state index >= 15 is 0 Å². The molecule has 1 aliphatic heterocycles. The first-order valence-electron chi connectivity index (χ1n) is 11.1. The number of hydrogen-bond acceptors (Lipinski definition) is 5. The number of carbonyl (C=O) groups is 1. The van der Waals surface area contributed by atoms with Gasteiger partial charge in [-0.2, -0.15) is 0 Å². The van der Waals surface area contributed by atoms with Crippen molar-refractivity contribution in [3.63, 3.8) is 0 Å². The van der Waals surface area contributed by atoms with Gasteiger partial charge >= 0.3 is 0 Å². The van der Waals surface area contributed by atoms with Gasteiger partial charge in [0.2, 0.25) is 5.91 Å². The third-order valence-electron chi connectivity index (χ3n) is 6.43. The van der Waals surface area contributed by atoms with Crippen LogP contribution in [0.2, 0.25) is 0 Å². The maximum atomic E-state index is 14.4. The standard InChI is InChI=1S/C25H29N3OS3/c1-26(2)28(21-16-10-5-11-17-21)23(30)27-22(29)25(18-32-24(27)31,19-12-6-3-7-13-19)20-14-8-4-9-15-20/h3-4,6-9,12-15,21H,5,10-11,16-18H2,1-2H3. The molecule has 2 aliphatic rings. The molecule has 4 nitrogen and oxygen atoms in total. The predicted octanol–water partition coefficient (Wildman–Crippen LogP) is 5.23. The maximum absolute atomic E-state index is 14.4. The molecule has 0 atom stereocenters. The molecular weight excluding hydrogens is 454 g/mol. The van der Waals surface area contributed by atoms with Gasteiger partial charge in [-0.3, -0.25) is 9.80 Å². The molecule has 1 saturated heterocycles. The molecule has 0 radical (unpaired) electrons. The smallest absolute Gasteiger partial charge is 0.250 e. The molecule has 2 fully saturated rings. The molecule has 2 aromatic carbocycles. The van der Waals surface area contributed by atoms with E-state index in [4.69, 9.17) is 24.4 Å². The number of rotatable bonds is 4. The van der Waals surface area contributed by atoms with E-state index in [1.54, 1.807) is 4.90 Å². The van der Waals surface area contributed by atoms with E-state index in [1.165, 1.54) is 31.0 Å². The van der Waals surface area contributed by atoms with Crippen LogP contribution in [0.4, 0.5) is 0 Å². The highest BCUT2D eigenvalue weighted by molar-refractivity contribution is 8.23. The molecule has 4 rings (SSSR count). The second kappa shape index (κ2) is 10.00. The number of carbonyl (C=O) groups excluding carboxylic acids is 1. The van der Waals surface area contributed by atoms with Gasteiger partial charge in [-0.05, 0) is 36.2 Å². The lowest BCUT2D eigenvalue weighted by Gasteiger charge is -2.47. The molecule has 1 aliphatic carbocycles. The van der Waals surface area contributed by atoms with Gasteiger partial charge in [0.25, 0.3) is 0 Å². The zero-order valence-electron chi connectivity index (χ0n) is 18.6. The highest BCUT2D eigenvalue weighted by Gasteiger charge is 2.51. The van der Waals surface area contributed by atoms with Crippen molar-refractivity contribution in [1.29, 1.82) is 0 Å². The molecule has 0 unspecified atom stereocenters. The zero-order valence-corrected chi connectivity index (χ0v) is 21.0. The van der Waals surface area contributed by atoms with Gasteiger partial charge in [0.1, 0.15) is 9.74 Å². The largest absolute Gasteiger partial charge is 0.279 e. The summed E-state index contributed by atoms with van der Waals surface area (Å²) in [4.78, 5) is 16.0. The second-order valence-electron chi connectivity index (χ2n) is 8.60. The second-order valence-corrected chi connectivity index (χ2v) is 10.6. The molecule has 2 aromatic rings. The normalized spacial score (nSPS) is 19.3. The molecule has 0 bridgehead atoms. The van der Waals surface area contributed by atoms with Crippen molar-refractivity contribution in [3.8, 4) is 0 Å². The molecule has 0 spiro atoms. The summed E-state index contributed by atoms with van der Waals surface area (Å²) < 4.78 is 0.533. The summed E-state index contributed by atoms with van der Waals surface area (Å²) >= 11 is 13.3. The van der Waals surface area contributed by atoms with Crippen molar-refractivity contribution >= 4 is 51.5 Å². The van der Waals surface area contributed by atoms with E-state index in [1.807, 2.05) is 79.8 Å². The van der Waals surface area contributed by atoms with Crippen LogP contribution in [0.25, 0.3) is 0 Å². The molecule has 0 N–H and O–H groups in total. The summed E-state index contributed by atoms with van der Waals surface area (Å²) in [6.07, 6.45) is 5.77.